The zero-order valence-corrected chi connectivity index (χ0v) is 20.8. The van der Waals surface area contributed by atoms with Crippen LogP contribution in [0.2, 0.25) is 0 Å². The first-order valence-electron chi connectivity index (χ1n) is 9.96. The van der Waals surface area contributed by atoms with Gasteiger partial charge in [0.05, 0.1) is 0 Å². The van der Waals surface area contributed by atoms with Crippen molar-refractivity contribution < 1.29 is 29.1 Å². The molecule has 162 valence electrons. The van der Waals surface area contributed by atoms with E-state index in [1.54, 1.807) is 0 Å². The van der Waals surface area contributed by atoms with Crippen LogP contribution in [0.3, 0.4) is 0 Å². The molecule has 0 atom stereocenters. The summed E-state index contributed by atoms with van der Waals surface area (Å²) in [5, 5.41) is 5.32. The second-order valence-electron chi connectivity index (χ2n) is 6.46. The molecule has 0 saturated heterocycles. The largest absolute Gasteiger partial charge is 2.00 e. The quantitative estimate of drug-likeness (QED) is 0.186. The van der Waals surface area contributed by atoms with Crippen LogP contribution in [0.25, 0.3) is 21.5 Å². The second-order valence-corrected chi connectivity index (χ2v) is 6.46. The fourth-order valence-electron chi connectivity index (χ4n) is 2.82. The average molecular weight is 493 g/mol. The molecule has 0 aliphatic rings. The van der Waals surface area contributed by atoms with E-state index in [2.05, 4.69) is 97.1 Å². The van der Waals surface area contributed by atoms with Gasteiger partial charge >= 0.3 is 26.2 Å². The molecular formula is C31H29Zr-5. The van der Waals surface area contributed by atoms with Gasteiger partial charge in [0.2, 0.25) is 0 Å². The third kappa shape index (κ3) is 9.86. The molecule has 6 aromatic rings. The van der Waals surface area contributed by atoms with Crippen LogP contribution < -0.4 is 0 Å². The molecule has 0 fully saturated rings. The van der Waals surface area contributed by atoms with Crippen LogP contribution in [-0.4, -0.2) is 0 Å². The van der Waals surface area contributed by atoms with Crippen LogP contribution in [-0.2, 0) is 26.2 Å². The molecule has 0 radical (unpaired) electrons. The Bertz CT molecular complexity index is 984. The van der Waals surface area contributed by atoms with E-state index < -0.39 is 0 Å². The Morgan fingerprint density at radius 2 is 0.844 bits per heavy atom. The summed E-state index contributed by atoms with van der Waals surface area (Å²) >= 11 is 0. The molecule has 0 unspecified atom stereocenters. The van der Waals surface area contributed by atoms with Crippen molar-refractivity contribution in [1.82, 2.24) is 0 Å². The van der Waals surface area contributed by atoms with Gasteiger partial charge in [-0.3, -0.25) is 0 Å². The topological polar surface area (TPSA) is 0 Å². The summed E-state index contributed by atoms with van der Waals surface area (Å²) in [6, 6.07) is 54.3. The normalized spacial score (nSPS) is 8.75. The molecule has 0 heterocycles. The standard InChI is InChI=1S/2C9H7.2C6H5.CH3.Zr.2H/c2*1-2-5-9-7-3-6-8(9)4-1;2*1-2-4-6-5-3-1;;;;/h2*1-7H;2*1-5H;1H3;;;/q5*-1;+2;2*-1. The van der Waals surface area contributed by atoms with Crippen LogP contribution in [0.4, 0.5) is 0 Å². The van der Waals surface area contributed by atoms with E-state index in [0.717, 1.165) is 0 Å². The molecule has 0 N–H and O–H groups in total. The Kier molecular flexibility index (Phi) is 14.1. The summed E-state index contributed by atoms with van der Waals surface area (Å²) in [5.74, 6) is 0. The molecule has 0 aliphatic carbocycles. The van der Waals surface area contributed by atoms with Crippen molar-refractivity contribution in [3.63, 3.8) is 0 Å². The van der Waals surface area contributed by atoms with E-state index in [1.807, 2.05) is 60.7 Å². The first-order chi connectivity index (χ1) is 14.9. The summed E-state index contributed by atoms with van der Waals surface area (Å²) in [6.07, 6.45) is 0. The van der Waals surface area contributed by atoms with Crippen LogP contribution >= 0.6 is 0 Å². The van der Waals surface area contributed by atoms with Crippen molar-refractivity contribution in [2.24, 2.45) is 0 Å². The Morgan fingerprint density at radius 1 is 0.469 bits per heavy atom. The fraction of sp³-hybridized carbons (Fsp3) is 0. The minimum Gasteiger partial charge on any atom is -1.00 e. The third-order valence-corrected chi connectivity index (χ3v) is 4.31. The van der Waals surface area contributed by atoms with Gasteiger partial charge in [0, 0.05) is 0 Å². The fourth-order valence-corrected chi connectivity index (χ4v) is 2.82. The number of hydrogen-bond acceptors (Lipinski definition) is 0. The van der Waals surface area contributed by atoms with Crippen LogP contribution in [0.15, 0.2) is 146 Å². The molecule has 32 heavy (non-hydrogen) atoms. The third-order valence-electron chi connectivity index (χ3n) is 4.31. The molecule has 1 heteroatoms. The second kappa shape index (κ2) is 16.6. The minimum absolute atomic E-state index is 0. The summed E-state index contributed by atoms with van der Waals surface area (Å²) in [5.41, 5.74) is 0. The Balaban J connectivity index is 0. The van der Waals surface area contributed by atoms with Crippen LogP contribution in [0.5, 0.6) is 0 Å². The number of rotatable bonds is 0. The predicted octanol–water partition coefficient (Wildman–Crippen LogP) is 8.76. The van der Waals surface area contributed by atoms with Gasteiger partial charge in [0.15, 0.2) is 0 Å². The van der Waals surface area contributed by atoms with Crippen molar-refractivity contribution in [2.75, 3.05) is 0 Å². The van der Waals surface area contributed by atoms with Gasteiger partial charge < -0.3 is 10.3 Å². The van der Waals surface area contributed by atoms with E-state index in [-0.39, 0.29) is 36.5 Å². The van der Waals surface area contributed by atoms with Crippen molar-refractivity contribution in [2.45, 2.75) is 0 Å². The maximum atomic E-state index is 2.89. The molecule has 6 aromatic carbocycles. The summed E-state index contributed by atoms with van der Waals surface area (Å²) < 4.78 is 0. The summed E-state index contributed by atoms with van der Waals surface area (Å²) in [4.78, 5) is 0. The molecule has 0 saturated carbocycles. The predicted molar refractivity (Wildman–Crippen MR) is 138 cm³/mol. The van der Waals surface area contributed by atoms with E-state index in [9.17, 15) is 0 Å². The Morgan fingerprint density at radius 3 is 1.12 bits per heavy atom. The number of benzene rings is 4. The smallest absolute Gasteiger partial charge is 1.00 e. The Labute approximate surface area is 215 Å². The average Bonchev–Trinajstić information content (AvgIpc) is 3.52. The number of hydrogen-bond donors (Lipinski definition) is 0. The van der Waals surface area contributed by atoms with Gasteiger partial charge in [-0.15, -0.1) is 59.3 Å². The number of fused-ring (bicyclic) bond motifs is 2. The van der Waals surface area contributed by atoms with Crippen molar-refractivity contribution >= 4 is 21.5 Å². The van der Waals surface area contributed by atoms with Crippen LogP contribution in [0, 0.1) is 19.6 Å². The van der Waals surface area contributed by atoms with Crippen molar-refractivity contribution in [1.29, 1.82) is 0 Å². The zero-order valence-electron chi connectivity index (χ0n) is 20.4. The van der Waals surface area contributed by atoms with Gasteiger partial charge in [-0.05, 0) is 0 Å². The van der Waals surface area contributed by atoms with Gasteiger partial charge in [-0.2, -0.15) is 108 Å². The minimum atomic E-state index is 0. The molecule has 6 rings (SSSR count). The summed E-state index contributed by atoms with van der Waals surface area (Å²) in [6.45, 7) is 0. The van der Waals surface area contributed by atoms with E-state index in [1.165, 1.54) is 21.5 Å². The van der Waals surface area contributed by atoms with E-state index >= 15 is 0 Å². The Hall–Kier alpha value is -3.02. The molecule has 0 bridgehead atoms. The van der Waals surface area contributed by atoms with Gasteiger partial charge in [0.1, 0.15) is 0 Å². The molecule has 0 aromatic heterocycles. The van der Waals surface area contributed by atoms with E-state index in [0.29, 0.717) is 0 Å². The van der Waals surface area contributed by atoms with Gasteiger partial charge in [-0.1, -0.05) is 12.1 Å². The van der Waals surface area contributed by atoms with Gasteiger partial charge in [-0.25, -0.2) is 0 Å². The summed E-state index contributed by atoms with van der Waals surface area (Å²) in [7, 11) is 0. The van der Waals surface area contributed by atoms with E-state index in [4.69, 9.17) is 0 Å². The maximum absolute atomic E-state index is 2.89. The first-order valence-corrected chi connectivity index (χ1v) is 9.96. The zero-order chi connectivity index (χ0) is 20.7. The van der Waals surface area contributed by atoms with Crippen molar-refractivity contribution in [3.8, 4) is 0 Å². The molecule has 0 nitrogen and oxygen atoms in total. The van der Waals surface area contributed by atoms with Crippen LogP contribution in [0.1, 0.15) is 2.85 Å². The SMILES string of the molecule is [CH3-].[H-].[H-].[Zr+2].[c-]1ccccc1.[c-]1ccccc1.c1ccc2[cH-]ccc2c1.c1ccc2[cH-]ccc2c1. The van der Waals surface area contributed by atoms with Gasteiger partial charge in [0.25, 0.3) is 0 Å². The van der Waals surface area contributed by atoms with Crippen molar-refractivity contribution in [3.05, 3.63) is 165 Å². The molecule has 0 spiro atoms. The monoisotopic (exact) mass is 491 g/mol. The molecular weight excluding hydrogens is 464 g/mol. The maximum Gasteiger partial charge on any atom is 2.00 e. The first kappa shape index (κ1) is 27.0. The molecule has 0 amide bonds. The molecule has 0 aliphatic heterocycles.